The van der Waals surface area contributed by atoms with E-state index in [9.17, 15) is 4.39 Å². The first-order valence-corrected chi connectivity index (χ1v) is 7.17. The fraction of sp³-hybridized carbons (Fsp3) is 0.600. The predicted molar refractivity (Wildman–Crippen MR) is 73.9 cm³/mol. The van der Waals surface area contributed by atoms with Gasteiger partial charge in [0.05, 0.1) is 6.61 Å². The Kier molecular flexibility index (Phi) is 3.99. The molecule has 3 rings (SSSR count). The molecule has 0 bridgehead atoms. The first-order valence-electron chi connectivity index (χ1n) is 7.17. The third-order valence-corrected chi connectivity index (χ3v) is 3.70. The SMILES string of the molecule is Fc1cc(CNC2CC2)cc(N2CCCOCC2)c1. The van der Waals surface area contributed by atoms with Gasteiger partial charge in [-0.2, -0.15) is 0 Å². The summed E-state index contributed by atoms with van der Waals surface area (Å²) in [5.41, 5.74) is 2.02. The van der Waals surface area contributed by atoms with Crippen LogP contribution in [-0.2, 0) is 11.3 Å². The molecular formula is C15H21FN2O. The molecule has 1 aliphatic carbocycles. The van der Waals surface area contributed by atoms with E-state index in [0.717, 1.165) is 50.5 Å². The Balaban J connectivity index is 1.71. The molecule has 4 heteroatoms. The van der Waals surface area contributed by atoms with Gasteiger partial charge in [0.2, 0.25) is 0 Å². The molecule has 19 heavy (non-hydrogen) atoms. The first kappa shape index (κ1) is 12.9. The molecule has 1 aromatic carbocycles. The van der Waals surface area contributed by atoms with Crippen LogP contribution in [0.2, 0.25) is 0 Å². The van der Waals surface area contributed by atoms with E-state index < -0.39 is 0 Å². The van der Waals surface area contributed by atoms with Gasteiger partial charge in [-0.1, -0.05) is 0 Å². The van der Waals surface area contributed by atoms with Crippen molar-refractivity contribution in [2.75, 3.05) is 31.2 Å². The Morgan fingerprint density at radius 2 is 2.11 bits per heavy atom. The number of hydrogen-bond donors (Lipinski definition) is 1. The van der Waals surface area contributed by atoms with Crippen molar-refractivity contribution in [3.05, 3.63) is 29.6 Å². The zero-order chi connectivity index (χ0) is 13.1. The van der Waals surface area contributed by atoms with E-state index in [1.54, 1.807) is 12.1 Å². The molecule has 104 valence electrons. The minimum Gasteiger partial charge on any atom is -0.380 e. The van der Waals surface area contributed by atoms with Gasteiger partial charge in [-0.15, -0.1) is 0 Å². The van der Waals surface area contributed by atoms with Crippen LogP contribution in [0.15, 0.2) is 18.2 Å². The van der Waals surface area contributed by atoms with Crippen molar-refractivity contribution in [3.63, 3.8) is 0 Å². The lowest BCUT2D eigenvalue weighted by Gasteiger charge is -2.22. The van der Waals surface area contributed by atoms with Crippen LogP contribution in [0.5, 0.6) is 0 Å². The molecule has 2 aliphatic rings. The molecule has 1 heterocycles. The minimum atomic E-state index is -0.143. The van der Waals surface area contributed by atoms with E-state index in [-0.39, 0.29) is 5.82 Å². The number of ether oxygens (including phenoxy) is 1. The van der Waals surface area contributed by atoms with Gasteiger partial charge < -0.3 is 15.0 Å². The smallest absolute Gasteiger partial charge is 0.125 e. The lowest BCUT2D eigenvalue weighted by atomic mass is 10.1. The van der Waals surface area contributed by atoms with Crippen molar-refractivity contribution in [1.29, 1.82) is 0 Å². The average Bonchev–Trinajstić information content (AvgIpc) is 3.23. The molecule has 0 unspecified atom stereocenters. The van der Waals surface area contributed by atoms with Crippen molar-refractivity contribution in [3.8, 4) is 0 Å². The van der Waals surface area contributed by atoms with Gasteiger partial charge in [-0.3, -0.25) is 0 Å². The molecular weight excluding hydrogens is 243 g/mol. The number of benzene rings is 1. The van der Waals surface area contributed by atoms with E-state index in [1.165, 1.54) is 12.8 Å². The van der Waals surface area contributed by atoms with Gasteiger partial charge in [0.15, 0.2) is 0 Å². The molecule has 2 fully saturated rings. The highest BCUT2D eigenvalue weighted by Gasteiger charge is 2.20. The topological polar surface area (TPSA) is 24.5 Å². The van der Waals surface area contributed by atoms with Crippen LogP contribution in [0.3, 0.4) is 0 Å². The van der Waals surface area contributed by atoms with Gasteiger partial charge in [-0.05, 0) is 43.0 Å². The van der Waals surface area contributed by atoms with Gasteiger partial charge in [0.1, 0.15) is 5.82 Å². The number of nitrogens with zero attached hydrogens (tertiary/aromatic N) is 1. The van der Waals surface area contributed by atoms with E-state index in [1.807, 2.05) is 0 Å². The normalized spacial score (nSPS) is 20.4. The second-order valence-corrected chi connectivity index (χ2v) is 5.43. The molecule has 1 saturated carbocycles. The van der Waals surface area contributed by atoms with Crippen molar-refractivity contribution in [2.45, 2.75) is 31.8 Å². The maximum Gasteiger partial charge on any atom is 0.125 e. The zero-order valence-corrected chi connectivity index (χ0v) is 11.2. The Morgan fingerprint density at radius 3 is 2.95 bits per heavy atom. The molecule has 0 aromatic heterocycles. The first-order chi connectivity index (χ1) is 9.31. The van der Waals surface area contributed by atoms with Crippen LogP contribution in [0.25, 0.3) is 0 Å². The summed E-state index contributed by atoms with van der Waals surface area (Å²) in [6.07, 6.45) is 3.52. The van der Waals surface area contributed by atoms with Gasteiger partial charge in [0, 0.05) is 38.0 Å². The number of nitrogens with one attached hydrogen (secondary N) is 1. The molecule has 1 aromatic rings. The molecule has 0 spiro atoms. The summed E-state index contributed by atoms with van der Waals surface area (Å²) in [6.45, 7) is 4.09. The zero-order valence-electron chi connectivity index (χ0n) is 11.2. The van der Waals surface area contributed by atoms with Crippen LogP contribution >= 0.6 is 0 Å². The van der Waals surface area contributed by atoms with Crippen molar-refractivity contribution >= 4 is 5.69 Å². The van der Waals surface area contributed by atoms with E-state index in [0.29, 0.717) is 6.04 Å². The van der Waals surface area contributed by atoms with E-state index in [2.05, 4.69) is 16.3 Å². The highest BCUT2D eigenvalue weighted by molar-refractivity contribution is 5.49. The lowest BCUT2D eigenvalue weighted by Crippen LogP contribution is -2.26. The van der Waals surface area contributed by atoms with E-state index >= 15 is 0 Å². The summed E-state index contributed by atoms with van der Waals surface area (Å²) in [5, 5.41) is 3.43. The number of anilines is 1. The highest BCUT2D eigenvalue weighted by Crippen LogP contribution is 2.22. The molecule has 1 aliphatic heterocycles. The minimum absolute atomic E-state index is 0.143. The lowest BCUT2D eigenvalue weighted by molar-refractivity contribution is 0.152. The van der Waals surface area contributed by atoms with Crippen molar-refractivity contribution < 1.29 is 9.13 Å². The number of hydrogen-bond acceptors (Lipinski definition) is 3. The maximum absolute atomic E-state index is 13.7. The summed E-state index contributed by atoms with van der Waals surface area (Å²) >= 11 is 0. The van der Waals surface area contributed by atoms with Gasteiger partial charge >= 0.3 is 0 Å². The van der Waals surface area contributed by atoms with Crippen molar-refractivity contribution in [2.24, 2.45) is 0 Å². The van der Waals surface area contributed by atoms with E-state index in [4.69, 9.17) is 4.74 Å². The van der Waals surface area contributed by atoms with Crippen LogP contribution in [-0.4, -0.2) is 32.3 Å². The summed E-state index contributed by atoms with van der Waals surface area (Å²) in [7, 11) is 0. The number of rotatable bonds is 4. The van der Waals surface area contributed by atoms with Crippen LogP contribution in [0.1, 0.15) is 24.8 Å². The Bertz CT molecular complexity index is 426. The van der Waals surface area contributed by atoms with Gasteiger partial charge in [-0.25, -0.2) is 4.39 Å². The van der Waals surface area contributed by atoms with Crippen molar-refractivity contribution in [1.82, 2.24) is 5.32 Å². The van der Waals surface area contributed by atoms with Crippen LogP contribution < -0.4 is 10.2 Å². The highest BCUT2D eigenvalue weighted by atomic mass is 19.1. The quantitative estimate of drug-likeness (QED) is 0.903. The molecule has 0 atom stereocenters. The largest absolute Gasteiger partial charge is 0.380 e. The fourth-order valence-electron chi connectivity index (χ4n) is 2.47. The third kappa shape index (κ3) is 3.67. The number of halogens is 1. The Morgan fingerprint density at radius 1 is 1.21 bits per heavy atom. The Labute approximate surface area is 113 Å². The van der Waals surface area contributed by atoms with Crippen LogP contribution in [0, 0.1) is 5.82 Å². The average molecular weight is 264 g/mol. The molecule has 3 nitrogen and oxygen atoms in total. The maximum atomic E-state index is 13.7. The summed E-state index contributed by atoms with van der Waals surface area (Å²) in [6, 6.07) is 6.02. The second kappa shape index (κ2) is 5.88. The predicted octanol–water partition coefficient (Wildman–Crippen LogP) is 2.30. The summed E-state index contributed by atoms with van der Waals surface area (Å²) in [5.74, 6) is -0.143. The Hall–Kier alpha value is -1.13. The van der Waals surface area contributed by atoms with Crippen LogP contribution in [0.4, 0.5) is 10.1 Å². The third-order valence-electron chi connectivity index (χ3n) is 3.70. The molecule has 1 N–H and O–H groups in total. The summed E-state index contributed by atoms with van der Waals surface area (Å²) < 4.78 is 19.2. The molecule has 0 radical (unpaired) electrons. The fourth-order valence-corrected chi connectivity index (χ4v) is 2.47. The second-order valence-electron chi connectivity index (χ2n) is 5.43. The molecule has 0 amide bonds. The molecule has 1 saturated heterocycles. The monoisotopic (exact) mass is 264 g/mol. The summed E-state index contributed by atoms with van der Waals surface area (Å²) in [4.78, 5) is 2.22. The van der Waals surface area contributed by atoms with Gasteiger partial charge in [0.25, 0.3) is 0 Å². The standard InChI is InChI=1S/C15H21FN2O/c16-13-8-12(11-17-14-2-3-14)9-15(10-13)18-4-1-6-19-7-5-18/h8-10,14,17H,1-7,11H2.